The molecule has 0 bridgehead atoms. The highest BCUT2D eigenvalue weighted by Gasteiger charge is 2.17. The number of carbonyl (C=O) groups excluding carboxylic acids is 1. The maximum atomic E-state index is 12.4. The Morgan fingerprint density at radius 1 is 1.12 bits per heavy atom. The van der Waals surface area contributed by atoms with Crippen LogP contribution >= 0.6 is 0 Å². The van der Waals surface area contributed by atoms with Gasteiger partial charge >= 0.3 is 0 Å². The molecule has 0 saturated heterocycles. The van der Waals surface area contributed by atoms with Crippen LogP contribution in [0.2, 0.25) is 0 Å². The van der Waals surface area contributed by atoms with Crippen molar-refractivity contribution in [2.45, 2.75) is 26.4 Å². The number of nitrogens with one attached hydrogen (secondary N) is 1. The lowest BCUT2D eigenvalue weighted by Gasteiger charge is -2.16. The van der Waals surface area contributed by atoms with E-state index in [0.717, 1.165) is 11.4 Å². The molecule has 0 spiro atoms. The number of benzene rings is 1. The maximum Gasteiger partial charge on any atom is 0.290 e. The van der Waals surface area contributed by atoms with Gasteiger partial charge in [-0.05, 0) is 19.1 Å². The summed E-state index contributed by atoms with van der Waals surface area (Å²) in [6, 6.07) is 5.45. The van der Waals surface area contributed by atoms with Crippen molar-refractivity contribution < 1.29 is 28.9 Å². The highest BCUT2D eigenvalue weighted by atomic mass is 16.5. The Balaban J connectivity index is 0.00000114. The van der Waals surface area contributed by atoms with Crippen LogP contribution in [0.15, 0.2) is 36.8 Å². The van der Waals surface area contributed by atoms with E-state index in [0.29, 0.717) is 42.6 Å². The molecule has 0 saturated carbocycles. The summed E-state index contributed by atoms with van der Waals surface area (Å²) in [5.74, 6) is 3.05. The van der Waals surface area contributed by atoms with Crippen LogP contribution in [-0.2, 0) is 22.7 Å². The molecule has 0 aliphatic heterocycles. The van der Waals surface area contributed by atoms with E-state index in [-0.39, 0.29) is 12.4 Å². The van der Waals surface area contributed by atoms with Crippen LogP contribution in [0.5, 0.6) is 17.2 Å². The predicted molar refractivity (Wildman–Crippen MR) is 116 cm³/mol. The third kappa shape index (κ3) is 6.00. The molecule has 0 unspecified atom stereocenters. The molecule has 11 nitrogen and oxygen atoms in total. The zero-order valence-corrected chi connectivity index (χ0v) is 18.4. The van der Waals surface area contributed by atoms with Gasteiger partial charge in [0.15, 0.2) is 11.5 Å². The monoisotopic (exact) mass is 445 g/mol. The van der Waals surface area contributed by atoms with E-state index in [1.54, 1.807) is 44.5 Å². The molecule has 1 aromatic carbocycles. The van der Waals surface area contributed by atoms with E-state index in [2.05, 4.69) is 15.4 Å². The number of carboxylic acid groups (broad SMARTS) is 1. The number of nitrogens with zero attached hydrogens (tertiary/aromatic N) is 4. The van der Waals surface area contributed by atoms with Gasteiger partial charge in [0.25, 0.3) is 6.47 Å². The van der Waals surface area contributed by atoms with Crippen molar-refractivity contribution in [3.8, 4) is 17.2 Å². The molecule has 2 N–H and O–H groups in total. The molecule has 2 heterocycles. The summed E-state index contributed by atoms with van der Waals surface area (Å²) in [5.41, 5.74) is 0.846. The lowest BCUT2D eigenvalue weighted by atomic mass is 10.1. The van der Waals surface area contributed by atoms with Gasteiger partial charge in [0.05, 0.1) is 34.1 Å². The molecule has 2 aromatic heterocycles. The highest BCUT2D eigenvalue weighted by molar-refractivity contribution is 5.89. The summed E-state index contributed by atoms with van der Waals surface area (Å²) < 4.78 is 19.9. The molecule has 1 amide bonds. The molecule has 0 fully saturated rings. The van der Waals surface area contributed by atoms with E-state index in [9.17, 15) is 4.79 Å². The molecule has 0 aliphatic rings. The van der Waals surface area contributed by atoms with Gasteiger partial charge in [-0.15, -0.1) is 0 Å². The summed E-state index contributed by atoms with van der Waals surface area (Å²) >= 11 is 0. The van der Waals surface area contributed by atoms with Crippen LogP contribution in [0.3, 0.4) is 0 Å². The van der Waals surface area contributed by atoms with Crippen molar-refractivity contribution >= 4 is 18.2 Å². The summed E-state index contributed by atoms with van der Waals surface area (Å²) in [4.78, 5) is 24.9. The number of carbonyl (C=O) groups is 2. The quantitative estimate of drug-likeness (QED) is 0.480. The number of amides is 1. The number of hydrogen-bond donors (Lipinski definition) is 2. The van der Waals surface area contributed by atoms with Gasteiger partial charge in [0.1, 0.15) is 11.6 Å². The van der Waals surface area contributed by atoms with Crippen LogP contribution in [0, 0.1) is 6.92 Å². The number of aromatic nitrogens is 4. The van der Waals surface area contributed by atoms with Gasteiger partial charge in [-0.2, -0.15) is 5.10 Å². The van der Waals surface area contributed by atoms with Crippen LogP contribution in [0.1, 0.15) is 17.8 Å². The zero-order valence-electron chi connectivity index (χ0n) is 18.4. The Kier molecular flexibility index (Phi) is 9.08. The van der Waals surface area contributed by atoms with E-state index in [1.807, 2.05) is 29.8 Å². The van der Waals surface area contributed by atoms with E-state index in [4.69, 9.17) is 24.1 Å². The summed E-state index contributed by atoms with van der Waals surface area (Å²) in [6.07, 6.45) is 5.56. The number of rotatable bonds is 9. The zero-order chi connectivity index (χ0) is 23.5. The number of imidazole rings is 1. The van der Waals surface area contributed by atoms with Crippen LogP contribution in [0.4, 0.5) is 5.82 Å². The molecule has 0 atom stereocenters. The molecule has 3 rings (SSSR count). The lowest BCUT2D eigenvalue weighted by molar-refractivity contribution is -0.123. The van der Waals surface area contributed by atoms with Crippen molar-refractivity contribution in [1.29, 1.82) is 0 Å². The summed E-state index contributed by atoms with van der Waals surface area (Å²) in [5, 5.41) is 14.1. The van der Waals surface area contributed by atoms with Crippen LogP contribution < -0.4 is 19.5 Å². The van der Waals surface area contributed by atoms with Gasteiger partial charge in [-0.1, -0.05) is 0 Å². The number of hydrogen-bond acceptors (Lipinski definition) is 7. The molecule has 0 aliphatic carbocycles. The fraction of sp³-hybridized carbons (Fsp3) is 0.333. The van der Waals surface area contributed by atoms with Crippen LogP contribution in [0.25, 0.3) is 0 Å². The minimum atomic E-state index is -0.250. The molecular weight excluding hydrogens is 418 g/mol. The number of ether oxygens (including phenoxy) is 3. The third-order valence-corrected chi connectivity index (χ3v) is 4.59. The first kappa shape index (κ1) is 24.3. The molecule has 0 radical (unpaired) electrons. The number of methoxy groups -OCH3 is 3. The Morgan fingerprint density at radius 3 is 2.44 bits per heavy atom. The van der Waals surface area contributed by atoms with Crippen molar-refractivity contribution in [3.05, 3.63) is 48.2 Å². The average Bonchev–Trinajstić information content (AvgIpc) is 3.40. The lowest BCUT2D eigenvalue weighted by Crippen LogP contribution is -2.18. The second kappa shape index (κ2) is 12.0. The van der Waals surface area contributed by atoms with Crippen molar-refractivity contribution in [3.63, 3.8) is 0 Å². The minimum absolute atomic E-state index is 0.0980. The van der Waals surface area contributed by atoms with Gasteiger partial charge in [-0.25, -0.2) is 9.67 Å². The van der Waals surface area contributed by atoms with Gasteiger partial charge < -0.3 is 29.2 Å². The van der Waals surface area contributed by atoms with Gasteiger partial charge in [0, 0.05) is 37.0 Å². The van der Waals surface area contributed by atoms with Crippen molar-refractivity contribution in [1.82, 2.24) is 19.3 Å². The van der Waals surface area contributed by atoms with Gasteiger partial charge in [-0.3, -0.25) is 9.59 Å². The first-order chi connectivity index (χ1) is 15.5. The maximum absolute atomic E-state index is 12.4. The predicted octanol–water partition coefficient (Wildman–Crippen LogP) is 2.19. The largest absolute Gasteiger partial charge is 0.493 e. The molecule has 3 aromatic rings. The fourth-order valence-electron chi connectivity index (χ4n) is 3.08. The standard InChI is InChI=1S/C20H25N5O4.CH2O2/c1-14-21-10-12-24(14)11-8-18(26)23-17-7-9-22-25(17)13-15-5-6-16(27-2)20(29-4)19(15)28-3;2-1-3/h5-7,9-10,12H,8,11,13H2,1-4H3,(H,23,26);1H,(H,2,3). The van der Waals surface area contributed by atoms with Crippen molar-refractivity contribution in [2.24, 2.45) is 0 Å². The minimum Gasteiger partial charge on any atom is -0.493 e. The smallest absolute Gasteiger partial charge is 0.290 e. The first-order valence-electron chi connectivity index (χ1n) is 9.64. The Hall–Kier alpha value is -4.02. The van der Waals surface area contributed by atoms with E-state index < -0.39 is 0 Å². The molecular formula is C21H27N5O6. The Labute approximate surface area is 185 Å². The third-order valence-electron chi connectivity index (χ3n) is 4.59. The normalized spacial score (nSPS) is 10.0. The second-order valence-electron chi connectivity index (χ2n) is 6.44. The molecule has 32 heavy (non-hydrogen) atoms. The first-order valence-corrected chi connectivity index (χ1v) is 9.64. The molecule has 11 heteroatoms. The summed E-state index contributed by atoms with van der Waals surface area (Å²) in [6.45, 7) is 2.62. The number of aryl methyl sites for hydroxylation is 2. The summed E-state index contributed by atoms with van der Waals surface area (Å²) in [7, 11) is 4.71. The van der Waals surface area contributed by atoms with Crippen molar-refractivity contribution in [2.75, 3.05) is 26.6 Å². The highest BCUT2D eigenvalue weighted by Crippen LogP contribution is 2.40. The van der Waals surface area contributed by atoms with E-state index >= 15 is 0 Å². The fourth-order valence-corrected chi connectivity index (χ4v) is 3.08. The topological polar surface area (TPSA) is 130 Å². The number of anilines is 1. The average molecular weight is 445 g/mol. The molecule has 172 valence electrons. The Bertz CT molecular complexity index is 1030. The second-order valence-corrected chi connectivity index (χ2v) is 6.44. The Morgan fingerprint density at radius 2 is 1.84 bits per heavy atom. The van der Waals surface area contributed by atoms with E-state index in [1.165, 1.54) is 0 Å². The van der Waals surface area contributed by atoms with Gasteiger partial charge in [0.2, 0.25) is 11.7 Å². The SMILES string of the molecule is COc1ccc(Cn2nccc2NC(=O)CCn2ccnc2C)c(OC)c1OC.O=CO. The van der Waals surface area contributed by atoms with Crippen LogP contribution in [-0.4, -0.2) is 58.1 Å².